The number of hydrogen-bond acceptors (Lipinski definition) is 4. The van der Waals surface area contributed by atoms with Gasteiger partial charge in [0.1, 0.15) is 15.8 Å². The molecule has 0 N–H and O–H groups in total. The van der Waals surface area contributed by atoms with Crippen LogP contribution in [-0.4, -0.2) is 21.7 Å². The molecule has 0 bridgehead atoms. The molecule has 122 valence electrons. The van der Waals surface area contributed by atoms with Crippen molar-refractivity contribution in [3.63, 3.8) is 0 Å². The van der Waals surface area contributed by atoms with E-state index in [2.05, 4.69) is 6.58 Å². The van der Waals surface area contributed by atoms with Crippen LogP contribution < -0.4 is 0 Å². The molecule has 1 fully saturated rings. The molecular formula is C17H11Cl2NO2S2. The summed E-state index contributed by atoms with van der Waals surface area (Å²) in [4.78, 5) is 14.3. The van der Waals surface area contributed by atoms with Gasteiger partial charge in [0.15, 0.2) is 0 Å². The van der Waals surface area contributed by atoms with E-state index in [1.54, 1.807) is 36.4 Å². The molecule has 0 spiro atoms. The van der Waals surface area contributed by atoms with Gasteiger partial charge in [0.05, 0.1) is 15.0 Å². The SMILES string of the molecule is C=CCN1C(=O)/C(=C\c2ccc(-c3cccc(Cl)c3Cl)o2)SC1=S. The first-order valence-electron chi connectivity index (χ1n) is 6.91. The molecule has 1 saturated heterocycles. The third-order valence-electron chi connectivity index (χ3n) is 3.30. The molecule has 7 heteroatoms. The van der Waals surface area contributed by atoms with Crippen molar-refractivity contribution >= 4 is 63.5 Å². The van der Waals surface area contributed by atoms with Gasteiger partial charge in [-0.1, -0.05) is 59.3 Å². The van der Waals surface area contributed by atoms with Crippen LogP contribution in [0.25, 0.3) is 17.4 Å². The second kappa shape index (κ2) is 7.15. The number of furan rings is 1. The Hall–Kier alpha value is -1.53. The van der Waals surface area contributed by atoms with Crippen LogP contribution in [0.3, 0.4) is 0 Å². The van der Waals surface area contributed by atoms with Crippen LogP contribution in [-0.2, 0) is 4.79 Å². The smallest absolute Gasteiger partial charge is 0.266 e. The van der Waals surface area contributed by atoms with Crippen LogP contribution in [0.1, 0.15) is 5.76 Å². The van der Waals surface area contributed by atoms with Crippen molar-refractivity contribution in [2.45, 2.75) is 0 Å². The van der Waals surface area contributed by atoms with E-state index in [0.29, 0.717) is 42.9 Å². The highest BCUT2D eigenvalue weighted by Crippen LogP contribution is 2.36. The van der Waals surface area contributed by atoms with Gasteiger partial charge in [-0.05, 0) is 24.3 Å². The summed E-state index contributed by atoms with van der Waals surface area (Å²) in [6.07, 6.45) is 3.31. The van der Waals surface area contributed by atoms with Crippen molar-refractivity contribution in [2.24, 2.45) is 0 Å². The number of halogens is 2. The molecule has 2 heterocycles. The van der Waals surface area contributed by atoms with Gasteiger partial charge in [-0.2, -0.15) is 0 Å². The quantitative estimate of drug-likeness (QED) is 0.380. The summed E-state index contributed by atoms with van der Waals surface area (Å²) < 4.78 is 6.29. The monoisotopic (exact) mass is 395 g/mol. The summed E-state index contributed by atoms with van der Waals surface area (Å²) in [5.41, 5.74) is 0.697. The van der Waals surface area contributed by atoms with Gasteiger partial charge in [-0.15, -0.1) is 6.58 Å². The molecule has 0 radical (unpaired) electrons. The molecular weight excluding hydrogens is 385 g/mol. The van der Waals surface area contributed by atoms with E-state index in [-0.39, 0.29) is 5.91 Å². The van der Waals surface area contributed by atoms with E-state index in [1.807, 2.05) is 6.07 Å². The Labute approximate surface area is 158 Å². The second-order valence-electron chi connectivity index (χ2n) is 4.88. The lowest BCUT2D eigenvalue weighted by molar-refractivity contribution is -0.121. The zero-order valence-corrected chi connectivity index (χ0v) is 15.4. The molecule has 1 aromatic carbocycles. The maximum atomic E-state index is 12.3. The van der Waals surface area contributed by atoms with Gasteiger partial charge < -0.3 is 4.42 Å². The number of nitrogens with zero attached hydrogens (tertiary/aromatic N) is 1. The van der Waals surface area contributed by atoms with Gasteiger partial charge in [-0.3, -0.25) is 9.69 Å². The topological polar surface area (TPSA) is 33.5 Å². The second-order valence-corrected chi connectivity index (χ2v) is 7.35. The van der Waals surface area contributed by atoms with Crippen LogP contribution in [0, 0.1) is 0 Å². The maximum absolute atomic E-state index is 12.3. The number of amides is 1. The highest BCUT2D eigenvalue weighted by Gasteiger charge is 2.31. The minimum atomic E-state index is -0.149. The lowest BCUT2D eigenvalue weighted by Crippen LogP contribution is -2.27. The zero-order valence-electron chi connectivity index (χ0n) is 12.3. The van der Waals surface area contributed by atoms with E-state index in [1.165, 1.54) is 16.7 Å². The van der Waals surface area contributed by atoms with Crippen LogP contribution in [0.2, 0.25) is 10.0 Å². The van der Waals surface area contributed by atoms with Crippen molar-refractivity contribution in [1.29, 1.82) is 0 Å². The van der Waals surface area contributed by atoms with Crippen LogP contribution in [0.4, 0.5) is 0 Å². The molecule has 3 rings (SSSR count). The number of rotatable bonds is 4. The Bertz CT molecular complexity index is 873. The van der Waals surface area contributed by atoms with Gasteiger partial charge in [0.2, 0.25) is 0 Å². The van der Waals surface area contributed by atoms with E-state index in [0.717, 1.165) is 0 Å². The zero-order chi connectivity index (χ0) is 17.3. The summed E-state index contributed by atoms with van der Waals surface area (Å²) >= 11 is 18.7. The average molecular weight is 396 g/mol. The van der Waals surface area contributed by atoms with Crippen LogP contribution in [0.15, 0.2) is 52.3 Å². The first-order chi connectivity index (χ1) is 11.5. The number of benzene rings is 1. The Kier molecular flexibility index (Phi) is 5.15. The molecule has 0 aliphatic carbocycles. The molecule has 3 nitrogen and oxygen atoms in total. The first kappa shape index (κ1) is 17.3. The van der Waals surface area contributed by atoms with Gasteiger partial charge in [0.25, 0.3) is 5.91 Å². The van der Waals surface area contributed by atoms with Gasteiger partial charge in [0, 0.05) is 18.2 Å². The Morgan fingerprint density at radius 2 is 2.08 bits per heavy atom. The van der Waals surface area contributed by atoms with Gasteiger partial charge >= 0.3 is 0 Å². The summed E-state index contributed by atoms with van der Waals surface area (Å²) in [5.74, 6) is 0.971. The number of thioether (sulfide) groups is 1. The maximum Gasteiger partial charge on any atom is 0.266 e. The van der Waals surface area contributed by atoms with Crippen molar-refractivity contribution in [3.05, 3.63) is 63.7 Å². The lowest BCUT2D eigenvalue weighted by atomic mass is 10.2. The molecule has 2 aromatic rings. The Morgan fingerprint density at radius 1 is 1.29 bits per heavy atom. The predicted octanol–water partition coefficient (Wildman–Crippen LogP) is 5.64. The lowest BCUT2D eigenvalue weighted by Gasteiger charge is -2.10. The van der Waals surface area contributed by atoms with E-state index < -0.39 is 0 Å². The van der Waals surface area contributed by atoms with Crippen LogP contribution in [0.5, 0.6) is 0 Å². The largest absolute Gasteiger partial charge is 0.457 e. The number of carbonyl (C=O) groups excluding carboxylic acids is 1. The minimum absolute atomic E-state index is 0.149. The molecule has 1 aliphatic rings. The number of thiocarbonyl (C=S) groups is 1. The molecule has 0 saturated carbocycles. The van der Waals surface area contributed by atoms with E-state index in [9.17, 15) is 4.79 Å². The molecule has 1 aliphatic heterocycles. The summed E-state index contributed by atoms with van der Waals surface area (Å²) in [6.45, 7) is 4.02. The fraction of sp³-hybridized carbons (Fsp3) is 0.0588. The number of carbonyl (C=O) groups is 1. The van der Waals surface area contributed by atoms with Crippen LogP contribution >= 0.6 is 47.2 Å². The van der Waals surface area contributed by atoms with E-state index in [4.69, 9.17) is 39.8 Å². The molecule has 1 aromatic heterocycles. The highest BCUT2D eigenvalue weighted by atomic mass is 35.5. The van der Waals surface area contributed by atoms with Crippen molar-refractivity contribution in [3.8, 4) is 11.3 Å². The Morgan fingerprint density at radius 3 is 2.83 bits per heavy atom. The van der Waals surface area contributed by atoms with Crippen molar-refractivity contribution in [1.82, 2.24) is 4.90 Å². The fourth-order valence-electron chi connectivity index (χ4n) is 2.18. The molecule has 0 atom stereocenters. The number of hydrogen-bond donors (Lipinski definition) is 0. The average Bonchev–Trinajstić information content (AvgIpc) is 3.11. The molecule has 0 unspecified atom stereocenters. The third kappa shape index (κ3) is 3.30. The minimum Gasteiger partial charge on any atom is -0.457 e. The standard InChI is InChI=1S/C17H11Cl2NO2S2/c1-2-8-20-16(21)14(24-17(20)23)9-10-6-7-13(22-10)11-4-3-5-12(18)15(11)19/h2-7,9H,1,8H2/b14-9+. The highest BCUT2D eigenvalue weighted by molar-refractivity contribution is 8.26. The van der Waals surface area contributed by atoms with Gasteiger partial charge in [-0.25, -0.2) is 0 Å². The molecule has 24 heavy (non-hydrogen) atoms. The summed E-state index contributed by atoms with van der Waals surface area (Å²) in [5, 5.41) is 0.884. The fourth-order valence-corrected chi connectivity index (χ4v) is 3.83. The normalized spacial score (nSPS) is 16.2. The first-order valence-corrected chi connectivity index (χ1v) is 8.90. The summed E-state index contributed by atoms with van der Waals surface area (Å²) in [6, 6.07) is 8.88. The third-order valence-corrected chi connectivity index (χ3v) is 5.50. The predicted molar refractivity (Wildman–Crippen MR) is 104 cm³/mol. The molecule has 1 amide bonds. The van der Waals surface area contributed by atoms with Crippen molar-refractivity contribution < 1.29 is 9.21 Å². The Balaban J connectivity index is 1.89. The summed E-state index contributed by atoms with van der Waals surface area (Å²) in [7, 11) is 0. The van der Waals surface area contributed by atoms with E-state index >= 15 is 0 Å². The van der Waals surface area contributed by atoms with Crippen molar-refractivity contribution in [2.75, 3.05) is 6.54 Å².